The van der Waals surface area contributed by atoms with Gasteiger partial charge in [0.15, 0.2) is 0 Å². The molecule has 0 bridgehead atoms. The van der Waals surface area contributed by atoms with Crippen molar-refractivity contribution < 1.29 is 22.1 Å². The Bertz CT molecular complexity index is 654. The standard InChI is InChI=1S/C21H28F2O3Si/c1-3-12-24-27(25-13-4-2,21-10-6-5-7-11-21)26-14-8-9-18-15-19(22)17-20(23)16-18/h5-7,10-11,15-17H,3-4,8-9,12-14H2,1-2H3. The predicted molar refractivity (Wildman–Crippen MR) is 105 cm³/mol. The molecular weight excluding hydrogens is 366 g/mol. The van der Waals surface area contributed by atoms with E-state index >= 15 is 0 Å². The van der Waals surface area contributed by atoms with E-state index in [9.17, 15) is 8.78 Å². The normalized spacial score (nSPS) is 11.7. The molecule has 0 aliphatic rings. The maximum Gasteiger partial charge on any atom is 0.537 e. The Hall–Kier alpha value is -1.60. The molecule has 0 saturated carbocycles. The van der Waals surface area contributed by atoms with Crippen molar-refractivity contribution in [2.75, 3.05) is 19.8 Å². The van der Waals surface area contributed by atoms with Gasteiger partial charge in [0.1, 0.15) is 11.6 Å². The maximum atomic E-state index is 13.3. The monoisotopic (exact) mass is 394 g/mol. The van der Waals surface area contributed by atoms with Crippen LogP contribution in [0.3, 0.4) is 0 Å². The van der Waals surface area contributed by atoms with Crippen molar-refractivity contribution in [3.63, 3.8) is 0 Å². The van der Waals surface area contributed by atoms with Crippen LogP contribution in [0.1, 0.15) is 38.7 Å². The lowest BCUT2D eigenvalue weighted by molar-refractivity contribution is 0.0723. The third-order valence-corrected chi connectivity index (χ3v) is 6.74. The first-order valence-corrected chi connectivity index (χ1v) is 11.2. The van der Waals surface area contributed by atoms with E-state index in [0.29, 0.717) is 38.2 Å². The quantitative estimate of drug-likeness (QED) is 0.389. The fourth-order valence-electron chi connectivity index (χ4n) is 2.73. The highest BCUT2D eigenvalue weighted by Gasteiger charge is 2.43. The zero-order valence-electron chi connectivity index (χ0n) is 16.0. The third-order valence-electron chi connectivity index (χ3n) is 3.94. The Labute approximate surface area is 161 Å². The SMILES string of the molecule is CCCO[Si](OCCC)(OCCCc1cc(F)cc(F)c1)c1ccccc1. The lowest BCUT2D eigenvalue weighted by Crippen LogP contribution is -2.57. The summed E-state index contributed by atoms with van der Waals surface area (Å²) in [4.78, 5) is 0. The molecule has 0 amide bonds. The summed E-state index contributed by atoms with van der Waals surface area (Å²) in [7, 11) is -3.02. The molecule has 0 unspecified atom stereocenters. The Morgan fingerprint density at radius 2 is 1.33 bits per heavy atom. The number of hydrogen-bond donors (Lipinski definition) is 0. The van der Waals surface area contributed by atoms with Gasteiger partial charge in [-0.1, -0.05) is 44.2 Å². The Balaban J connectivity index is 2.05. The van der Waals surface area contributed by atoms with Crippen LogP contribution in [0.15, 0.2) is 48.5 Å². The second-order valence-electron chi connectivity index (χ2n) is 6.35. The van der Waals surface area contributed by atoms with Crippen LogP contribution in [0.4, 0.5) is 8.78 Å². The van der Waals surface area contributed by atoms with Crippen LogP contribution in [0.2, 0.25) is 0 Å². The molecule has 0 aliphatic carbocycles. The summed E-state index contributed by atoms with van der Waals surface area (Å²) in [5.41, 5.74) is 0.618. The minimum Gasteiger partial charge on any atom is -0.370 e. The molecule has 0 saturated heterocycles. The van der Waals surface area contributed by atoms with Gasteiger partial charge in [0, 0.05) is 31.1 Å². The van der Waals surface area contributed by atoms with E-state index in [4.69, 9.17) is 13.3 Å². The molecule has 0 heterocycles. The van der Waals surface area contributed by atoms with Gasteiger partial charge < -0.3 is 13.3 Å². The van der Waals surface area contributed by atoms with E-state index in [1.807, 2.05) is 44.2 Å². The molecule has 148 valence electrons. The molecule has 0 atom stereocenters. The number of halogens is 2. The third kappa shape index (κ3) is 6.81. The first-order chi connectivity index (χ1) is 13.1. The van der Waals surface area contributed by atoms with Crippen molar-refractivity contribution in [2.24, 2.45) is 0 Å². The van der Waals surface area contributed by atoms with Gasteiger partial charge in [-0.2, -0.15) is 0 Å². The summed E-state index contributed by atoms with van der Waals surface area (Å²) >= 11 is 0. The smallest absolute Gasteiger partial charge is 0.370 e. The number of hydrogen-bond acceptors (Lipinski definition) is 3. The zero-order valence-corrected chi connectivity index (χ0v) is 17.0. The Morgan fingerprint density at radius 1 is 0.778 bits per heavy atom. The molecule has 2 aromatic carbocycles. The second kappa shape index (κ2) is 11.3. The molecule has 3 nitrogen and oxygen atoms in total. The minimum atomic E-state index is -3.02. The lowest BCUT2D eigenvalue weighted by atomic mass is 10.1. The van der Waals surface area contributed by atoms with E-state index < -0.39 is 20.4 Å². The van der Waals surface area contributed by atoms with Crippen LogP contribution in [0, 0.1) is 11.6 Å². The topological polar surface area (TPSA) is 27.7 Å². The van der Waals surface area contributed by atoms with Gasteiger partial charge in [-0.25, -0.2) is 8.78 Å². The number of rotatable bonds is 12. The summed E-state index contributed by atoms with van der Waals surface area (Å²) < 4.78 is 45.1. The van der Waals surface area contributed by atoms with E-state index in [0.717, 1.165) is 24.1 Å². The predicted octanol–water partition coefficient (Wildman–Crippen LogP) is 4.61. The van der Waals surface area contributed by atoms with Gasteiger partial charge in [0.25, 0.3) is 0 Å². The van der Waals surface area contributed by atoms with Gasteiger partial charge >= 0.3 is 8.80 Å². The molecule has 0 radical (unpaired) electrons. The molecular formula is C21H28F2O3Si. The molecule has 0 fully saturated rings. The van der Waals surface area contributed by atoms with Crippen molar-refractivity contribution in [1.29, 1.82) is 0 Å². The maximum absolute atomic E-state index is 13.3. The average molecular weight is 395 g/mol. The Kier molecular flexibility index (Phi) is 9.07. The molecule has 2 rings (SSSR count). The zero-order chi connectivity index (χ0) is 19.5. The molecule has 0 aliphatic heterocycles. The molecule has 2 aromatic rings. The van der Waals surface area contributed by atoms with Gasteiger partial charge in [0.05, 0.1) is 0 Å². The molecule has 0 aromatic heterocycles. The van der Waals surface area contributed by atoms with Crippen molar-refractivity contribution in [3.8, 4) is 0 Å². The van der Waals surface area contributed by atoms with Crippen molar-refractivity contribution in [3.05, 3.63) is 65.7 Å². The number of aryl methyl sites for hydroxylation is 1. The van der Waals surface area contributed by atoms with E-state index in [2.05, 4.69) is 0 Å². The average Bonchev–Trinajstić information content (AvgIpc) is 2.67. The van der Waals surface area contributed by atoms with Crippen LogP contribution in [0.5, 0.6) is 0 Å². The fourth-order valence-corrected chi connectivity index (χ4v) is 5.44. The lowest BCUT2D eigenvalue weighted by Gasteiger charge is -2.30. The van der Waals surface area contributed by atoms with E-state index in [-0.39, 0.29) is 0 Å². The van der Waals surface area contributed by atoms with Gasteiger partial charge in [-0.3, -0.25) is 0 Å². The van der Waals surface area contributed by atoms with Gasteiger partial charge in [-0.05, 0) is 43.4 Å². The molecule has 0 N–H and O–H groups in total. The highest BCUT2D eigenvalue weighted by Crippen LogP contribution is 2.15. The van der Waals surface area contributed by atoms with E-state index in [1.165, 1.54) is 12.1 Å². The number of benzene rings is 2. The molecule has 6 heteroatoms. The van der Waals surface area contributed by atoms with Crippen molar-refractivity contribution in [1.82, 2.24) is 0 Å². The first-order valence-electron chi connectivity index (χ1n) is 9.52. The van der Waals surface area contributed by atoms with Crippen molar-refractivity contribution in [2.45, 2.75) is 39.5 Å². The first kappa shape index (κ1) is 21.7. The highest BCUT2D eigenvalue weighted by molar-refractivity contribution is 6.75. The highest BCUT2D eigenvalue weighted by atomic mass is 28.4. The fraction of sp³-hybridized carbons (Fsp3) is 0.429. The van der Waals surface area contributed by atoms with Gasteiger partial charge in [0.2, 0.25) is 0 Å². The molecule has 27 heavy (non-hydrogen) atoms. The minimum absolute atomic E-state index is 0.396. The summed E-state index contributed by atoms with van der Waals surface area (Å²) in [6.07, 6.45) is 2.87. The Morgan fingerprint density at radius 3 is 1.89 bits per heavy atom. The second-order valence-corrected chi connectivity index (χ2v) is 8.90. The summed E-state index contributed by atoms with van der Waals surface area (Å²) in [5.74, 6) is -1.12. The van der Waals surface area contributed by atoms with E-state index in [1.54, 1.807) is 0 Å². The summed E-state index contributed by atoms with van der Waals surface area (Å²) in [6, 6.07) is 13.4. The van der Waals surface area contributed by atoms with Crippen molar-refractivity contribution >= 4 is 14.0 Å². The van der Waals surface area contributed by atoms with Crippen LogP contribution >= 0.6 is 0 Å². The summed E-state index contributed by atoms with van der Waals surface area (Å²) in [6.45, 7) is 5.59. The van der Waals surface area contributed by atoms with Gasteiger partial charge in [-0.15, -0.1) is 0 Å². The van der Waals surface area contributed by atoms with Crippen LogP contribution in [-0.4, -0.2) is 28.6 Å². The summed E-state index contributed by atoms with van der Waals surface area (Å²) in [5, 5.41) is 0.934. The van der Waals surface area contributed by atoms with Crippen LogP contribution < -0.4 is 5.19 Å². The molecule has 0 spiro atoms. The largest absolute Gasteiger partial charge is 0.537 e. The van der Waals surface area contributed by atoms with Crippen LogP contribution in [-0.2, 0) is 19.7 Å². The van der Waals surface area contributed by atoms with Crippen LogP contribution in [0.25, 0.3) is 0 Å².